The van der Waals surface area contributed by atoms with Gasteiger partial charge in [0.05, 0.1) is 13.7 Å². The van der Waals surface area contributed by atoms with Crippen LogP contribution in [-0.2, 0) is 20.7 Å². The number of hydrogen-bond donors (Lipinski definition) is 5. The summed E-state index contributed by atoms with van der Waals surface area (Å²) in [6, 6.07) is 7.46. The number of esters is 1. The van der Waals surface area contributed by atoms with Crippen molar-refractivity contribution in [1.29, 1.82) is 0 Å². The summed E-state index contributed by atoms with van der Waals surface area (Å²) in [5.74, 6) is -2.34. The number of aromatic hydroxyl groups is 2. The molecule has 2 rings (SSSR count). The summed E-state index contributed by atoms with van der Waals surface area (Å²) < 4.78 is 14.7. The summed E-state index contributed by atoms with van der Waals surface area (Å²) in [7, 11) is 1.20. The number of carbonyl (C=O) groups excluding carboxylic acids is 3. The number of methoxy groups -OCH3 is 1. The molecule has 0 aromatic heterocycles. The molecule has 0 bridgehead atoms. The number of phenolic OH excluding ortho intramolecular Hbond substituents is 2. The maximum Gasteiger partial charge on any atom is 0.511 e. The summed E-state index contributed by atoms with van der Waals surface area (Å²) in [6.45, 7) is 1.75. The topological polar surface area (TPSA) is 181 Å². The molecule has 12 nitrogen and oxygen atoms in total. The number of unbranched alkanes of at least 4 members (excludes halogenated alkanes) is 1. The van der Waals surface area contributed by atoms with Crippen molar-refractivity contribution in [2.75, 3.05) is 20.3 Å². The maximum atomic E-state index is 12.6. The van der Waals surface area contributed by atoms with Crippen LogP contribution in [0.1, 0.15) is 35.7 Å². The second-order valence-electron chi connectivity index (χ2n) is 7.62. The van der Waals surface area contributed by atoms with E-state index in [1.807, 2.05) is 0 Å². The lowest BCUT2D eigenvalue weighted by Crippen LogP contribution is -2.47. The Balaban J connectivity index is 1.86. The summed E-state index contributed by atoms with van der Waals surface area (Å²) in [5, 5.41) is 33.7. The van der Waals surface area contributed by atoms with E-state index in [9.17, 15) is 29.4 Å². The highest BCUT2D eigenvalue weighted by molar-refractivity contribution is 5.95. The Kier molecular flexibility index (Phi) is 10.3. The van der Waals surface area contributed by atoms with Crippen molar-refractivity contribution in [2.45, 2.75) is 32.2 Å². The van der Waals surface area contributed by atoms with Gasteiger partial charge < -0.3 is 40.2 Å². The summed E-state index contributed by atoms with van der Waals surface area (Å²) in [4.78, 5) is 46.7. The van der Waals surface area contributed by atoms with Crippen molar-refractivity contribution in [2.24, 2.45) is 0 Å². The van der Waals surface area contributed by atoms with Gasteiger partial charge in [0.1, 0.15) is 23.1 Å². The van der Waals surface area contributed by atoms with Gasteiger partial charge in [0.2, 0.25) is 11.8 Å². The summed E-state index contributed by atoms with van der Waals surface area (Å²) in [6.07, 6.45) is -0.499. The van der Waals surface area contributed by atoms with Crippen molar-refractivity contribution in [1.82, 2.24) is 10.6 Å². The number of ether oxygens (including phenoxy) is 3. The van der Waals surface area contributed by atoms with Crippen molar-refractivity contribution in [3.05, 3.63) is 47.5 Å². The number of benzene rings is 2. The Morgan fingerprint density at radius 1 is 1.00 bits per heavy atom. The largest absolute Gasteiger partial charge is 0.511 e. The van der Waals surface area contributed by atoms with Crippen molar-refractivity contribution in [3.63, 3.8) is 0 Å². The minimum absolute atomic E-state index is 0.0449. The van der Waals surface area contributed by atoms with Gasteiger partial charge in [-0.3, -0.25) is 9.59 Å². The minimum atomic E-state index is -1.58. The monoisotopic (exact) mass is 504 g/mol. The zero-order valence-corrected chi connectivity index (χ0v) is 19.8. The van der Waals surface area contributed by atoms with Gasteiger partial charge in [-0.15, -0.1) is 0 Å². The second-order valence-corrected chi connectivity index (χ2v) is 7.62. The first kappa shape index (κ1) is 27.8. The SMILES string of the molecule is COC(=O)c1c(O)cccc1OCCCCNC(=O)[C@H](Cc1ccc(OC(=O)O)c(O)c1)NC(C)=O. The Hall–Kier alpha value is -4.48. The molecule has 0 aliphatic heterocycles. The van der Waals surface area contributed by atoms with E-state index in [0.29, 0.717) is 18.4 Å². The number of nitrogens with one attached hydrogen (secondary N) is 2. The predicted octanol–water partition coefficient (Wildman–Crippen LogP) is 1.96. The van der Waals surface area contributed by atoms with Crippen molar-refractivity contribution >= 4 is 23.9 Å². The van der Waals surface area contributed by atoms with E-state index < -0.39 is 35.7 Å². The molecule has 2 aromatic carbocycles. The first-order valence-corrected chi connectivity index (χ1v) is 10.9. The van der Waals surface area contributed by atoms with Crippen LogP contribution in [0, 0.1) is 0 Å². The molecule has 0 aliphatic rings. The second kappa shape index (κ2) is 13.4. The van der Waals surface area contributed by atoms with Crippen LogP contribution >= 0.6 is 0 Å². The van der Waals surface area contributed by atoms with Crippen LogP contribution in [0.3, 0.4) is 0 Å². The van der Waals surface area contributed by atoms with Gasteiger partial charge in [0, 0.05) is 19.9 Å². The molecule has 0 radical (unpaired) electrons. The predicted molar refractivity (Wildman–Crippen MR) is 125 cm³/mol. The highest BCUT2D eigenvalue weighted by Crippen LogP contribution is 2.29. The van der Waals surface area contributed by atoms with Crippen LogP contribution in [0.4, 0.5) is 4.79 Å². The molecular formula is C24H28N2O10. The highest BCUT2D eigenvalue weighted by atomic mass is 16.7. The minimum Gasteiger partial charge on any atom is -0.507 e. The van der Waals surface area contributed by atoms with Gasteiger partial charge in [-0.2, -0.15) is 0 Å². The van der Waals surface area contributed by atoms with Gasteiger partial charge in [-0.25, -0.2) is 9.59 Å². The van der Waals surface area contributed by atoms with Crippen LogP contribution < -0.4 is 20.1 Å². The Morgan fingerprint density at radius 3 is 2.39 bits per heavy atom. The Bertz CT molecular complexity index is 1100. The smallest absolute Gasteiger partial charge is 0.507 e. The molecule has 0 fully saturated rings. The van der Waals surface area contributed by atoms with Gasteiger partial charge >= 0.3 is 12.1 Å². The number of carbonyl (C=O) groups is 4. The van der Waals surface area contributed by atoms with E-state index in [1.54, 1.807) is 0 Å². The fraction of sp³-hybridized carbons (Fsp3) is 0.333. The molecule has 2 aromatic rings. The number of phenols is 2. The van der Waals surface area contributed by atoms with E-state index in [1.165, 1.54) is 50.4 Å². The van der Waals surface area contributed by atoms with Gasteiger partial charge in [0.15, 0.2) is 11.5 Å². The fourth-order valence-corrected chi connectivity index (χ4v) is 3.25. The molecule has 0 aliphatic carbocycles. The Labute approximate surface area is 206 Å². The molecule has 2 amide bonds. The molecule has 36 heavy (non-hydrogen) atoms. The molecule has 0 heterocycles. The van der Waals surface area contributed by atoms with Crippen molar-refractivity contribution < 1.29 is 48.7 Å². The third-order valence-corrected chi connectivity index (χ3v) is 4.88. The normalized spacial score (nSPS) is 11.2. The molecule has 0 saturated carbocycles. The zero-order chi connectivity index (χ0) is 26.7. The standard InChI is InChI=1S/C24H28N2O10/c1-14(27)26-16(12-15-8-9-19(18(29)13-15)36-24(32)33)22(30)25-10-3-4-11-35-20-7-5-6-17(28)21(20)23(31)34-2/h5-9,13,16,28-29H,3-4,10-12H2,1-2H3,(H,25,30)(H,26,27)(H,32,33)/t16-/m0/s1. The van der Waals surface area contributed by atoms with Crippen LogP contribution in [0.2, 0.25) is 0 Å². The third-order valence-electron chi connectivity index (χ3n) is 4.88. The Morgan fingerprint density at radius 2 is 1.75 bits per heavy atom. The van der Waals surface area contributed by atoms with Crippen LogP contribution in [0.25, 0.3) is 0 Å². The van der Waals surface area contributed by atoms with Crippen LogP contribution in [-0.4, -0.2) is 65.6 Å². The fourth-order valence-electron chi connectivity index (χ4n) is 3.25. The number of carboxylic acid groups (broad SMARTS) is 1. The molecule has 5 N–H and O–H groups in total. The van der Waals surface area contributed by atoms with E-state index in [2.05, 4.69) is 20.1 Å². The van der Waals surface area contributed by atoms with E-state index >= 15 is 0 Å². The van der Waals surface area contributed by atoms with Gasteiger partial charge in [-0.05, 0) is 42.7 Å². The van der Waals surface area contributed by atoms with E-state index in [-0.39, 0.29) is 42.4 Å². The molecular weight excluding hydrogens is 476 g/mol. The summed E-state index contributed by atoms with van der Waals surface area (Å²) in [5.41, 5.74) is 0.403. The average Bonchev–Trinajstić information content (AvgIpc) is 2.81. The lowest BCUT2D eigenvalue weighted by atomic mass is 10.0. The number of rotatable bonds is 12. The van der Waals surface area contributed by atoms with Crippen LogP contribution in [0.15, 0.2) is 36.4 Å². The molecule has 0 spiro atoms. The quantitative estimate of drug-likeness (QED) is 0.163. The number of amides is 2. The first-order chi connectivity index (χ1) is 17.1. The van der Waals surface area contributed by atoms with E-state index in [0.717, 1.165) is 0 Å². The van der Waals surface area contributed by atoms with Crippen molar-refractivity contribution in [3.8, 4) is 23.0 Å². The van der Waals surface area contributed by atoms with Gasteiger partial charge in [0.25, 0.3) is 0 Å². The zero-order valence-electron chi connectivity index (χ0n) is 19.8. The van der Waals surface area contributed by atoms with Crippen LogP contribution in [0.5, 0.6) is 23.0 Å². The average molecular weight is 504 g/mol. The highest BCUT2D eigenvalue weighted by Gasteiger charge is 2.21. The lowest BCUT2D eigenvalue weighted by Gasteiger charge is -2.18. The maximum absolute atomic E-state index is 12.6. The molecule has 12 heteroatoms. The molecule has 1 atom stereocenters. The van der Waals surface area contributed by atoms with E-state index in [4.69, 9.17) is 9.84 Å². The third kappa shape index (κ3) is 8.38. The van der Waals surface area contributed by atoms with Gasteiger partial charge in [-0.1, -0.05) is 12.1 Å². The molecule has 0 unspecified atom stereocenters. The summed E-state index contributed by atoms with van der Waals surface area (Å²) >= 11 is 0. The lowest BCUT2D eigenvalue weighted by molar-refractivity contribution is -0.128. The number of hydrogen-bond acceptors (Lipinski definition) is 9. The first-order valence-electron chi connectivity index (χ1n) is 10.9. The molecule has 0 saturated heterocycles. The molecule has 194 valence electrons.